The molecule has 1 saturated heterocycles. The minimum atomic E-state index is 0.331. The van der Waals surface area contributed by atoms with Gasteiger partial charge in [0.1, 0.15) is 0 Å². The highest BCUT2D eigenvalue weighted by Crippen LogP contribution is 2.46. The molecule has 1 atom stereocenters. The predicted molar refractivity (Wildman–Crippen MR) is 111 cm³/mol. The smallest absolute Gasteiger partial charge is 0.204 e. The van der Waals surface area contributed by atoms with Crippen molar-refractivity contribution in [2.24, 2.45) is 0 Å². The summed E-state index contributed by atoms with van der Waals surface area (Å²) in [6.07, 6.45) is 2.08. The summed E-state index contributed by atoms with van der Waals surface area (Å²) in [6.45, 7) is 6.73. The number of hydrogen-bond acceptors (Lipinski definition) is 6. The molecule has 0 amide bonds. The van der Waals surface area contributed by atoms with Crippen LogP contribution < -0.4 is 19.5 Å². The van der Waals surface area contributed by atoms with Crippen LogP contribution in [0.3, 0.4) is 0 Å². The summed E-state index contributed by atoms with van der Waals surface area (Å²) in [6, 6.07) is 2.35. The standard InChI is InChI=1S/C21H32N4O3/c1-24-9-11-25(12-10-24)8-6-15-19-14(5-7-22-15)18-16(23-19)13-17(26-2)20(27-3)21(18)28-4/h13,15,22-23H,5-12H2,1-4H3/t15-/m1/s1. The quantitative estimate of drug-likeness (QED) is 0.790. The Morgan fingerprint density at radius 1 is 1.04 bits per heavy atom. The number of rotatable bonds is 6. The number of aromatic amines is 1. The maximum atomic E-state index is 5.76. The molecule has 3 heterocycles. The molecule has 7 nitrogen and oxygen atoms in total. The van der Waals surface area contributed by atoms with Gasteiger partial charge in [-0.2, -0.15) is 0 Å². The molecule has 0 spiro atoms. The Morgan fingerprint density at radius 2 is 1.79 bits per heavy atom. The lowest BCUT2D eigenvalue weighted by molar-refractivity contribution is 0.148. The molecule has 0 unspecified atom stereocenters. The number of piperazine rings is 1. The van der Waals surface area contributed by atoms with Crippen molar-refractivity contribution in [1.29, 1.82) is 0 Å². The van der Waals surface area contributed by atoms with Crippen molar-refractivity contribution in [2.75, 3.05) is 67.6 Å². The van der Waals surface area contributed by atoms with E-state index in [9.17, 15) is 0 Å². The zero-order valence-electron chi connectivity index (χ0n) is 17.4. The van der Waals surface area contributed by atoms with E-state index >= 15 is 0 Å². The van der Waals surface area contributed by atoms with Gasteiger partial charge in [-0.25, -0.2) is 0 Å². The van der Waals surface area contributed by atoms with Crippen molar-refractivity contribution in [2.45, 2.75) is 18.9 Å². The van der Waals surface area contributed by atoms with Crippen LogP contribution in [0.5, 0.6) is 17.2 Å². The van der Waals surface area contributed by atoms with E-state index in [4.69, 9.17) is 14.2 Å². The highest BCUT2D eigenvalue weighted by Gasteiger charge is 2.28. The number of nitrogens with zero attached hydrogens (tertiary/aromatic N) is 2. The van der Waals surface area contributed by atoms with Gasteiger partial charge < -0.3 is 34.3 Å². The van der Waals surface area contributed by atoms with Crippen molar-refractivity contribution in [3.63, 3.8) is 0 Å². The highest BCUT2D eigenvalue weighted by atomic mass is 16.5. The average Bonchev–Trinajstić information content (AvgIpc) is 3.10. The number of fused-ring (bicyclic) bond motifs is 3. The van der Waals surface area contributed by atoms with Gasteiger partial charge in [0.2, 0.25) is 5.75 Å². The molecule has 28 heavy (non-hydrogen) atoms. The predicted octanol–water partition coefficient (Wildman–Crippen LogP) is 2.02. The third kappa shape index (κ3) is 3.43. The van der Waals surface area contributed by atoms with E-state index in [1.807, 2.05) is 6.07 Å². The van der Waals surface area contributed by atoms with Crippen LogP contribution in [0.4, 0.5) is 0 Å². The second kappa shape index (κ2) is 8.19. The lowest BCUT2D eigenvalue weighted by Gasteiger charge is -2.34. The van der Waals surface area contributed by atoms with Gasteiger partial charge in [-0.3, -0.25) is 0 Å². The fraction of sp³-hybridized carbons (Fsp3) is 0.619. The Labute approximate surface area is 166 Å². The van der Waals surface area contributed by atoms with Crippen LogP contribution >= 0.6 is 0 Å². The molecular formula is C21H32N4O3. The van der Waals surface area contributed by atoms with Crippen LogP contribution in [0.1, 0.15) is 23.7 Å². The number of nitrogens with one attached hydrogen (secondary N) is 2. The summed E-state index contributed by atoms with van der Waals surface area (Å²) in [5.41, 5.74) is 3.67. The van der Waals surface area contributed by atoms with Crippen LogP contribution in [0, 0.1) is 0 Å². The number of benzene rings is 1. The van der Waals surface area contributed by atoms with Gasteiger partial charge in [0.25, 0.3) is 0 Å². The largest absolute Gasteiger partial charge is 0.493 e. The molecule has 1 aromatic heterocycles. The molecule has 2 N–H and O–H groups in total. The van der Waals surface area contributed by atoms with Gasteiger partial charge in [0.05, 0.1) is 26.8 Å². The number of aromatic nitrogens is 1. The first-order chi connectivity index (χ1) is 13.7. The molecule has 0 radical (unpaired) electrons. The van der Waals surface area contributed by atoms with Crippen LogP contribution in [-0.2, 0) is 6.42 Å². The lowest BCUT2D eigenvalue weighted by Crippen LogP contribution is -2.45. The summed E-state index contributed by atoms with van der Waals surface area (Å²) in [5, 5.41) is 4.83. The van der Waals surface area contributed by atoms with E-state index in [2.05, 4.69) is 27.1 Å². The number of methoxy groups -OCH3 is 3. The minimum absolute atomic E-state index is 0.331. The van der Waals surface area contributed by atoms with Gasteiger partial charge in [-0.1, -0.05) is 0 Å². The lowest BCUT2D eigenvalue weighted by atomic mass is 9.96. The van der Waals surface area contributed by atoms with Gasteiger partial charge in [0.15, 0.2) is 11.5 Å². The summed E-state index contributed by atoms with van der Waals surface area (Å²) < 4.78 is 16.9. The van der Waals surface area contributed by atoms with Gasteiger partial charge in [0, 0.05) is 55.9 Å². The van der Waals surface area contributed by atoms with Crippen molar-refractivity contribution < 1.29 is 14.2 Å². The summed E-state index contributed by atoms with van der Waals surface area (Å²) in [7, 11) is 7.22. The third-order valence-electron chi connectivity index (χ3n) is 6.17. The Kier molecular flexibility index (Phi) is 5.66. The number of ether oxygens (including phenoxy) is 3. The molecular weight excluding hydrogens is 356 g/mol. The van der Waals surface area contributed by atoms with E-state index in [0.717, 1.165) is 68.8 Å². The molecule has 0 bridgehead atoms. The van der Waals surface area contributed by atoms with E-state index in [1.165, 1.54) is 11.3 Å². The van der Waals surface area contributed by atoms with Crippen LogP contribution in [0.2, 0.25) is 0 Å². The van der Waals surface area contributed by atoms with Crippen molar-refractivity contribution in [3.05, 3.63) is 17.3 Å². The van der Waals surface area contributed by atoms with E-state index in [1.54, 1.807) is 21.3 Å². The zero-order chi connectivity index (χ0) is 19.7. The molecule has 2 aromatic rings. The number of likely N-dealkylation sites (N-methyl/N-ethyl adjacent to an activating group) is 1. The first-order valence-electron chi connectivity index (χ1n) is 10.1. The molecule has 2 aliphatic heterocycles. The van der Waals surface area contributed by atoms with E-state index < -0.39 is 0 Å². The second-order valence-corrected chi connectivity index (χ2v) is 7.78. The third-order valence-corrected chi connectivity index (χ3v) is 6.17. The second-order valence-electron chi connectivity index (χ2n) is 7.78. The average molecular weight is 389 g/mol. The first-order valence-corrected chi connectivity index (χ1v) is 10.1. The Bertz CT molecular complexity index is 827. The minimum Gasteiger partial charge on any atom is -0.493 e. The topological polar surface area (TPSA) is 62.0 Å². The number of H-pyrrole nitrogens is 1. The number of hydrogen-bond donors (Lipinski definition) is 2. The maximum absolute atomic E-state index is 5.76. The van der Waals surface area contributed by atoms with Gasteiger partial charge in [-0.05, 0) is 32.0 Å². The SMILES string of the molecule is COc1cc2[nH]c3c(c2c(OC)c1OC)CCN[C@@H]3CCN1CCN(C)CC1. The van der Waals surface area contributed by atoms with Gasteiger partial charge in [-0.15, -0.1) is 0 Å². The molecule has 0 aliphatic carbocycles. The summed E-state index contributed by atoms with van der Waals surface area (Å²) in [5.74, 6) is 2.10. The summed E-state index contributed by atoms with van der Waals surface area (Å²) >= 11 is 0. The van der Waals surface area contributed by atoms with Crippen molar-refractivity contribution >= 4 is 10.9 Å². The normalized spacial score (nSPS) is 20.9. The zero-order valence-corrected chi connectivity index (χ0v) is 17.4. The first kappa shape index (κ1) is 19.4. The Morgan fingerprint density at radius 3 is 2.46 bits per heavy atom. The molecule has 1 fully saturated rings. The summed E-state index contributed by atoms with van der Waals surface area (Å²) in [4.78, 5) is 8.63. The molecule has 2 aliphatic rings. The van der Waals surface area contributed by atoms with Crippen molar-refractivity contribution in [1.82, 2.24) is 20.1 Å². The van der Waals surface area contributed by atoms with E-state index in [0.29, 0.717) is 17.5 Å². The van der Waals surface area contributed by atoms with Crippen LogP contribution in [0.25, 0.3) is 10.9 Å². The Balaban J connectivity index is 1.63. The highest BCUT2D eigenvalue weighted by molar-refractivity contribution is 5.95. The van der Waals surface area contributed by atoms with Crippen LogP contribution in [-0.4, -0.2) is 82.4 Å². The monoisotopic (exact) mass is 388 g/mol. The Hall–Kier alpha value is -1.96. The molecule has 7 heteroatoms. The molecule has 154 valence electrons. The maximum Gasteiger partial charge on any atom is 0.204 e. The molecule has 0 saturated carbocycles. The van der Waals surface area contributed by atoms with E-state index in [-0.39, 0.29) is 0 Å². The van der Waals surface area contributed by atoms with Crippen LogP contribution in [0.15, 0.2) is 6.07 Å². The molecule has 4 rings (SSSR count). The fourth-order valence-corrected chi connectivity index (χ4v) is 4.57. The van der Waals surface area contributed by atoms with Gasteiger partial charge >= 0.3 is 0 Å². The fourth-order valence-electron chi connectivity index (χ4n) is 4.57. The molecule has 1 aromatic carbocycles. The van der Waals surface area contributed by atoms with Crippen molar-refractivity contribution in [3.8, 4) is 17.2 Å².